The van der Waals surface area contributed by atoms with Crippen LogP contribution in [0.3, 0.4) is 0 Å². The Balaban J connectivity index is 1.26. The number of carboxylic acids is 1. The maximum Gasteiger partial charge on any atom is 0.410 e. The summed E-state index contributed by atoms with van der Waals surface area (Å²) < 4.78 is 7.35. The van der Waals surface area contributed by atoms with E-state index in [0.717, 1.165) is 43.8 Å². The molecule has 1 aliphatic rings. The number of carboxylic acid groups (broad SMARTS) is 1. The molecule has 2 N–H and O–H groups in total. The number of allylic oxidation sites excluding steroid dienone is 1. The van der Waals surface area contributed by atoms with Crippen LogP contribution >= 0.6 is 12.2 Å². The lowest BCUT2D eigenvalue weighted by atomic mass is 9.88. The van der Waals surface area contributed by atoms with Crippen molar-refractivity contribution in [3.63, 3.8) is 0 Å². The zero-order chi connectivity index (χ0) is 32.0. The van der Waals surface area contributed by atoms with E-state index in [2.05, 4.69) is 41.4 Å². The fourth-order valence-electron chi connectivity index (χ4n) is 5.76. The smallest absolute Gasteiger partial charge is 0.410 e. The highest BCUT2D eigenvalue weighted by molar-refractivity contribution is 7.71. The molecule has 8 nitrogen and oxygen atoms in total. The van der Waals surface area contributed by atoms with E-state index in [9.17, 15) is 19.5 Å². The number of aliphatic carboxylic acids is 1. The molecule has 5 aromatic rings. The maximum absolute atomic E-state index is 13.1. The lowest BCUT2D eigenvalue weighted by Gasteiger charge is -2.21. The van der Waals surface area contributed by atoms with E-state index in [1.165, 1.54) is 4.57 Å². The molecule has 4 aromatic carbocycles. The van der Waals surface area contributed by atoms with Gasteiger partial charge in [0, 0.05) is 24.2 Å². The van der Waals surface area contributed by atoms with Gasteiger partial charge in [-0.1, -0.05) is 127 Å². The van der Waals surface area contributed by atoms with E-state index in [1.54, 1.807) is 12.3 Å². The zero-order valence-corrected chi connectivity index (χ0v) is 25.7. The molecule has 0 saturated carbocycles. The van der Waals surface area contributed by atoms with Crippen molar-refractivity contribution in [3.05, 3.63) is 164 Å². The molecule has 1 heterocycles. The lowest BCUT2D eigenvalue weighted by molar-refractivity contribution is -0.138. The third-order valence-electron chi connectivity index (χ3n) is 7.93. The Kier molecular flexibility index (Phi) is 9.03. The zero-order valence-electron chi connectivity index (χ0n) is 24.8. The molecule has 230 valence electrons. The minimum atomic E-state index is -1.15. The summed E-state index contributed by atoms with van der Waals surface area (Å²) in [4.78, 5) is 41.6. The average Bonchev–Trinajstić information content (AvgIpc) is 3.23. The molecule has 46 heavy (non-hydrogen) atoms. The topological polar surface area (TPSA) is 105 Å². The van der Waals surface area contributed by atoms with E-state index < -0.39 is 18.6 Å². The molecule has 0 aliphatic heterocycles. The third-order valence-corrected chi connectivity index (χ3v) is 8.39. The number of aromatic amines is 1. The second kappa shape index (κ2) is 13.6. The predicted molar refractivity (Wildman–Crippen MR) is 179 cm³/mol. The summed E-state index contributed by atoms with van der Waals surface area (Å²) in [7, 11) is 0. The Hall–Kier alpha value is -5.54. The van der Waals surface area contributed by atoms with Gasteiger partial charge in [-0.3, -0.25) is 14.3 Å². The van der Waals surface area contributed by atoms with Crippen LogP contribution in [0.1, 0.15) is 39.3 Å². The molecule has 0 fully saturated rings. The van der Waals surface area contributed by atoms with Crippen LogP contribution in [0.15, 0.2) is 120 Å². The van der Waals surface area contributed by atoms with Gasteiger partial charge in [0.05, 0.1) is 6.54 Å². The average molecular weight is 630 g/mol. The van der Waals surface area contributed by atoms with Gasteiger partial charge in [-0.2, -0.15) is 0 Å². The van der Waals surface area contributed by atoms with Gasteiger partial charge in [-0.05, 0) is 38.9 Å². The highest BCUT2D eigenvalue weighted by atomic mass is 32.1. The summed E-state index contributed by atoms with van der Waals surface area (Å²) in [5.41, 5.74) is 7.16. The molecular weight excluding hydrogens is 598 g/mol. The molecule has 0 bridgehead atoms. The first kappa shape index (κ1) is 30.5. The molecule has 9 heteroatoms. The van der Waals surface area contributed by atoms with E-state index >= 15 is 0 Å². The summed E-state index contributed by atoms with van der Waals surface area (Å²) in [6.45, 7) is -0.296. The molecule has 6 rings (SSSR count). The van der Waals surface area contributed by atoms with Gasteiger partial charge in [0.25, 0.3) is 0 Å². The summed E-state index contributed by atoms with van der Waals surface area (Å²) in [6, 6.07) is 32.9. The molecule has 1 aliphatic carbocycles. The summed E-state index contributed by atoms with van der Waals surface area (Å²) >= 11 is 5.95. The summed E-state index contributed by atoms with van der Waals surface area (Å²) in [5, 5.41) is 9.46. The van der Waals surface area contributed by atoms with Crippen LogP contribution in [-0.4, -0.2) is 38.2 Å². The van der Waals surface area contributed by atoms with Crippen molar-refractivity contribution >= 4 is 30.4 Å². The number of nitrogens with one attached hydrogen (secondary N) is 1. The minimum absolute atomic E-state index is 0.0137. The van der Waals surface area contributed by atoms with Crippen molar-refractivity contribution in [2.24, 2.45) is 0 Å². The molecule has 0 saturated heterocycles. The molecule has 0 spiro atoms. The Morgan fingerprint density at radius 2 is 1.54 bits per heavy atom. The van der Waals surface area contributed by atoms with E-state index in [-0.39, 0.29) is 31.3 Å². The van der Waals surface area contributed by atoms with Gasteiger partial charge in [0.2, 0.25) is 0 Å². The second-order valence-corrected chi connectivity index (χ2v) is 11.4. The van der Waals surface area contributed by atoms with Crippen molar-refractivity contribution in [1.82, 2.24) is 14.5 Å². The molecule has 1 unspecified atom stereocenters. The second-order valence-electron chi connectivity index (χ2n) is 11.1. The molecule has 1 atom stereocenters. The van der Waals surface area contributed by atoms with E-state index in [4.69, 9.17) is 17.0 Å². The fourth-order valence-corrected chi connectivity index (χ4v) is 6.09. The SMILES string of the molecule is O=C(O)CN(Cc1cccc(Cn2c(=O)[nH]cc(C3C=Cc4ccccc4-c4ccccc43)c2=S)c1)C(=O)OCc1ccccc1. The van der Waals surface area contributed by atoms with Crippen molar-refractivity contribution in [3.8, 4) is 11.1 Å². The first-order chi connectivity index (χ1) is 22.4. The van der Waals surface area contributed by atoms with Gasteiger partial charge < -0.3 is 14.8 Å². The highest BCUT2D eigenvalue weighted by Crippen LogP contribution is 2.39. The Labute approximate surface area is 270 Å². The predicted octanol–water partition coefficient (Wildman–Crippen LogP) is 7.00. The number of carbonyl (C=O) groups excluding carboxylic acids is 1. The van der Waals surface area contributed by atoms with Crippen molar-refractivity contribution < 1.29 is 19.4 Å². The first-order valence-electron chi connectivity index (χ1n) is 14.8. The van der Waals surface area contributed by atoms with Gasteiger partial charge in [-0.25, -0.2) is 9.59 Å². The number of rotatable bonds is 9. The Bertz CT molecular complexity index is 2050. The molecule has 0 radical (unpaired) electrons. The normalized spacial score (nSPS) is 13.3. The first-order valence-corrected chi connectivity index (χ1v) is 15.2. The van der Waals surface area contributed by atoms with Crippen LogP contribution in [0.4, 0.5) is 4.79 Å². The van der Waals surface area contributed by atoms with Crippen molar-refractivity contribution in [1.29, 1.82) is 0 Å². The molecule has 1 aromatic heterocycles. The molecular formula is C37H31N3O5S. The number of ether oxygens (including phenoxy) is 1. The number of amides is 1. The van der Waals surface area contributed by atoms with Crippen LogP contribution in [0, 0.1) is 4.64 Å². The number of hydrogen-bond donors (Lipinski definition) is 2. The quantitative estimate of drug-likeness (QED) is 0.170. The standard InChI is InChI=1S/C37H31N3O5S/c41-34(42)23-39(37(44)45-24-25-9-2-1-3-10-25)21-26-11-8-12-27(19-26)22-40-35(46)33(20-38-36(40)43)32-18-17-28-13-4-5-14-29(28)30-15-6-7-16-31(30)32/h1-20,32H,21-24H2,(H,38,43)(H,41,42). The largest absolute Gasteiger partial charge is 0.480 e. The monoisotopic (exact) mass is 629 g/mol. The van der Waals surface area contributed by atoms with Crippen LogP contribution in [-0.2, 0) is 29.2 Å². The van der Waals surface area contributed by atoms with E-state index in [1.807, 2.05) is 72.8 Å². The van der Waals surface area contributed by atoms with Crippen molar-refractivity contribution in [2.45, 2.75) is 25.6 Å². The minimum Gasteiger partial charge on any atom is -0.480 e. The van der Waals surface area contributed by atoms with Crippen LogP contribution in [0.5, 0.6) is 0 Å². The number of fused-ring (bicyclic) bond motifs is 3. The fraction of sp³-hybridized carbons (Fsp3) is 0.135. The van der Waals surface area contributed by atoms with Crippen LogP contribution < -0.4 is 5.69 Å². The number of aromatic nitrogens is 2. The number of H-pyrrole nitrogens is 1. The maximum atomic E-state index is 13.1. The van der Waals surface area contributed by atoms with Crippen LogP contribution in [0.2, 0.25) is 0 Å². The van der Waals surface area contributed by atoms with Crippen LogP contribution in [0.25, 0.3) is 17.2 Å². The number of hydrogen-bond acceptors (Lipinski definition) is 5. The molecule has 1 amide bonds. The third kappa shape index (κ3) is 6.74. The van der Waals surface area contributed by atoms with Gasteiger partial charge in [0.15, 0.2) is 0 Å². The van der Waals surface area contributed by atoms with Gasteiger partial charge in [0.1, 0.15) is 17.8 Å². The number of nitrogens with zero attached hydrogens (tertiary/aromatic N) is 2. The Morgan fingerprint density at radius 3 is 2.35 bits per heavy atom. The lowest BCUT2D eigenvalue weighted by Crippen LogP contribution is -2.35. The Morgan fingerprint density at radius 1 is 0.848 bits per heavy atom. The highest BCUT2D eigenvalue weighted by Gasteiger charge is 2.23. The van der Waals surface area contributed by atoms with E-state index in [0.29, 0.717) is 10.2 Å². The number of carbonyl (C=O) groups is 2. The number of benzene rings is 4. The summed E-state index contributed by atoms with van der Waals surface area (Å²) in [6.07, 6.45) is 5.18. The van der Waals surface area contributed by atoms with Crippen molar-refractivity contribution in [2.75, 3.05) is 6.54 Å². The van der Waals surface area contributed by atoms with Gasteiger partial charge >= 0.3 is 17.8 Å². The summed E-state index contributed by atoms with van der Waals surface area (Å²) in [5.74, 6) is -1.34. The van der Waals surface area contributed by atoms with Gasteiger partial charge in [-0.15, -0.1) is 0 Å².